The van der Waals surface area contributed by atoms with Crippen LogP contribution in [0.2, 0.25) is 0 Å². The van der Waals surface area contributed by atoms with Gasteiger partial charge in [-0.15, -0.1) is 0 Å². The molecular formula is C15H25N5O16P2. The number of rotatable bonds is 10. The number of aromatic nitrogens is 4. The first-order valence-corrected chi connectivity index (χ1v) is 13.2. The second kappa shape index (κ2) is 12.8. The van der Waals surface area contributed by atoms with E-state index in [1.807, 2.05) is 0 Å². The lowest BCUT2D eigenvalue weighted by atomic mass is 10.1. The fourth-order valence-corrected chi connectivity index (χ4v) is 4.24. The van der Waals surface area contributed by atoms with Gasteiger partial charge in [-0.3, -0.25) is 23.4 Å². The number of hydrogen-bond donors (Lipinski definition) is 11. The third kappa shape index (κ3) is 8.15. The molecule has 0 spiro atoms. The van der Waals surface area contributed by atoms with Crippen molar-refractivity contribution >= 4 is 39.0 Å². The fraction of sp³-hybridized carbons (Fsp3) is 0.600. The first-order valence-electron chi connectivity index (χ1n) is 10.1. The summed E-state index contributed by atoms with van der Waals surface area (Å²) in [6.45, 7) is -1.53. The molecule has 12 N–H and O–H groups in total. The molecule has 0 saturated carbocycles. The molecule has 0 aromatic carbocycles. The number of phosphoric ester groups is 2. The number of imidazole rings is 1. The van der Waals surface area contributed by atoms with Gasteiger partial charge in [0.15, 0.2) is 29.8 Å². The Hall–Kier alpha value is -2.20. The fourth-order valence-electron chi connectivity index (χ4n) is 3.17. The second-order valence-electron chi connectivity index (χ2n) is 7.51. The highest BCUT2D eigenvalue weighted by molar-refractivity contribution is 7.46. The zero-order chi connectivity index (χ0) is 29.0. The molecule has 2 aromatic rings. The predicted octanol–water partition coefficient (Wildman–Crippen LogP) is -5.19. The molecule has 3 heterocycles. The lowest BCUT2D eigenvalue weighted by Gasteiger charge is -2.26. The summed E-state index contributed by atoms with van der Waals surface area (Å²) < 4.78 is 35.5. The highest BCUT2D eigenvalue weighted by Gasteiger charge is 2.44. The average molecular weight is 593 g/mol. The molecule has 23 heteroatoms. The van der Waals surface area contributed by atoms with Crippen molar-refractivity contribution in [3.05, 3.63) is 16.7 Å². The molecule has 21 nitrogen and oxygen atoms in total. The molecule has 216 valence electrons. The molecule has 7 atom stereocenters. The second-order valence-corrected chi connectivity index (χ2v) is 9.90. The minimum Gasteiger partial charge on any atom is -0.394 e. The number of aliphatic hydroxyl groups is 5. The smallest absolute Gasteiger partial charge is 0.394 e. The van der Waals surface area contributed by atoms with Crippen LogP contribution in [0, 0.1) is 0 Å². The van der Waals surface area contributed by atoms with Crippen LogP contribution in [0.1, 0.15) is 6.23 Å². The third-order valence-electron chi connectivity index (χ3n) is 4.78. The van der Waals surface area contributed by atoms with Gasteiger partial charge in [-0.2, -0.15) is 4.98 Å². The number of aldehydes is 1. The monoisotopic (exact) mass is 593 g/mol. The van der Waals surface area contributed by atoms with Gasteiger partial charge < -0.3 is 60.4 Å². The minimum atomic E-state index is -5.18. The molecule has 1 aliphatic rings. The van der Waals surface area contributed by atoms with Gasteiger partial charge in [0.25, 0.3) is 5.56 Å². The van der Waals surface area contributed by atoms with Crippen LogP contribution in [0.15, 0.2) is 11.1 Å². The Balaban J connectivity index is 0.000000269. The van der Waals surface area contributed by atoms with Crippen LogP contribution < -0.4 is 11.3 Å². The number of aromatic amines is 1. The number of nitrogens with one attached hydrogen (secondary N) is 1. The largest absolute Gasteiger partial charge is 0.470 e. The molecule has 0 bridgehead atoms. The molecule has 3 rings (SSSR count). The summed E-state index contributed by atoms with van der Waals surface area (Å²) in [5.74, 6) is -0.101. The molecule has 1 fully saturated rings. The number of nitrogens with zero attached hydrogens (tertiary/aromatic N) is 3. The molecule has 1 aliphatic heterocycles. The topological polar surface area (TPSA) is 351 Å². The van der Waals surface area contributed by atoms with E-state index in [4.69, 9.17) is 45.4 Å². The highest BCUT2D eigenvalue weighted by Crippen LogP contribution is 2.43. The Morgan fingerprint density at radius 2 is 1.76 bits per heavy atom. The Morgan fingerprint density at radius 1 is 1.16 bits per heavy atom. The van der Waals surface area contributed by atoms with Gasteiger partial charge in [-0.05, 0) is 0 Å². The van der Waals surface area contributed by atoms with Crippen molar-refractivity contribution in [1.29, 1.82) is 0 Å². The van der Waals surface area contributed by atoms with Gasteiger partial charge in [-0.1, -0.05) is 0 Å². The number of anilines is 1. The van der Waals surface area contributed by atoms with Crippen molar-refractivity contribution in [3.8, 4) is 0 Å². The van der Waals surface area contributed by atoms with Crippen molar-refractivity contribution in [2.45, 2.75) is 42.9 Å². The number of hydrogen-bond acceptors (Lipinski definition) is 15. The first kappa shape index (κ1) is 32.0. The number of ether oxygens (including phenoxy) is 1. The summed E-state index contributed by atoms with van der Waals surface area (Å²) in [6, 6.07) is 0. The van der Waals surface area contributed by atoms with Crippen molar-refractivity contribution < 1.29 is 72.8 Å². The minimum absolute atomic E-state index is 0.0388. The van der Waals surface area contributed by atoms with E-state index in [2.05, 4.69) is 24.0 Å². The summed E-state index contributed by atoms with van der Waals surface area (Å²) in [5, 5.41) is 46.5. The van der Waals surface area contributed by atoms with Crippen molar-refractivity contribution in [2.75, 3.05) is 18.9 Å². The van der Waals surface area contributed by atoms with Crippen LogP contribution in [0.25, 0.3) is 11.2 Å². The standard InChI is InChI=1S/C10H13N5O5.C5H12O11P2/c11-10-13-7-4(8(19)14-10)12-2-15(7)9-6(18)5(17)3(1-16)20-9;6-1-3(8)5(16-18(12,13)14)4(2-7)15-17(9,10)11/h2-3,5-6,9,16-18H,1H2,(H3,11,13,14,19);2-6,8H,1H2,(H2,9,10,11)(H2,12,13,14)/t3-,5-,6-,9-;3-,4+,5-/m11/s1. The van der Waals surface area contributed by atoms with Crippen molar-refractivity contribution in [2.24, 2.45) is 0 Å². The molecule has 2 aromatic heterocycles. The van der Waals surface area contributed by atoms with E-state index in [-0.39, 0.29) is 23.4 Å². The van der Waals surface area contributed by atoms with E-state index >= 15 is 0 Å². The lowest BCUT2D eigenvalue weighted by molar-refractivity contribution is -0.125. The Bertz CT molecular complexity index is 1240. The van der Waals surface area contributed by atoms with Gasteiger partial charge in [0.2, 0.25) is 5.95 Å². The summed E-state index contributed by atoms with van der Waals surface area (Å²) in [7, 11) is -10.3. The highest BCUT2D eigenvalue weighted by atomic mass is 31.2. The van der Waals surface area contributed by atoms with Crippen LogP contribution in [0.5, 0.6) is 0 Å². The van der Waals surface area contributed by atoms with E-state index in [1.165, 1.54) is 10.9 Å². The maximum Gasteiger partial charge on any atom is 0.470 e. The summed E-state index contributed by atoms with van der Waals surface area (Å²) in [6.07, 6.45) is -9.78. The molecule has 0 amide bonds. The van der Waals surface area contributed by atoms with Crippen molar-refractivity contribution in [1.82, 2.24) is 19.5 Å². The Kier molecular flexibility index (Phi) is 10.8. The van der Waals surface area contributed by atoms with Crippen LogP contribution in [-0.4, -0.2) is 121 Å². The maximum absolute atomic E-state index is 11.7. The zero-order valence-electron chi connectivity index (χ0n) is 18.8. The van der Waals surface area contributed by atoms with E-state index in [1.54, 1.807) is 0 Å². The van der Waals surface area contributed by atoms with Gasteiger partial charge in [0.1, 0.15) is 30.5 Å². The third-order valence-corrected chi connectivity index (χ3v) is 5.82. The SMILES string of the molecule is Nc1nc2c(ncn2[C@@H]2O[C@H](CO)[C@@H](O)[C@H]2O)c(=O)[nH]1.O=C[C@H](OP(=O)(O)O)[C@H](OP(=O)(O)O)[C@H](O)CO. The van der Waals surface area contributed by atoms with Gasteiger partial charge in [0.05, 0.1) is 19.5 Å². The normalized spacial score (nSPS) is 24.4. The Labute approximate surface area is 210 Å². The molecular weight excluding hydrogens is 568 g/mol. The van der Waals surface area contributed by atoms with Gasteiger partial charge in [-0.25, -0.2) is 14.1 Å². The van der Waals surface area contributed by atoms with Gasteiger partial charge >= 0.3 is 15.6 Å². The lowest BCUT2D eigenvalue weighted by Crippen LogP contribution is -2.43. The predicted molar refractivity (Wildman–Crippen MR) is 119 cm³/mol. The molecule has 1 saturated heterocycles. The van der Waals surface area contributed by atoms with Crippen LogP contribution in [0.4, 0.5) is 5.95 Å². The van der Waals surface area contributed by atoms with Crippen LogP contribution in [-0.2, 0) is 27.7 Å². The number of nitrogens with two attached hydrogens (primary N) is 1. The number of fused-ring (bicyclic) bond motifs is 1. The summed E-state index contributed by atoms with van der Waals surface area (Å²) in [5.41, 5.74) is 5.12. The zero-order valence-corrected chi connectivity index (χ0v) is 20.6. The number of aliphatic hydroxyl groups excluding tert-OH is 5. The van der Waals surface area contributed by atoms with Crippen molar-refractivity contribution in [3.63, 3.8) is 0 Å². The van der Waals surface area contributed by atoms with Crippen LogP contribution >= 0.6 is 15.6 Å². The van der Waals surface area contributed by atoms with E-state index < -0.39 is 77.3 Å². The number of H-pyrrole nitrogens is 1. The molecule has 0 radical (unpaired) electrons. The maximum atomic E-state index is 11.7. The van der Waals surface area contributed by atoms with Gasteiger partial charge in [0, 0.05) is 0 Å². The summed E-state index contributed by atoms with van der Waals surface area (Å²) >= 11 is 0. The average Bonchev–Trinajstić information content (AvgIpc) is 3.35. The van der Waals surface area contributed by atoms with E-state index in [0.29, 0.717) is 0 Å². The Morgan fingerprint density at radius 3 is 2.24 bits per heavy atom. The van der Waals surface area contributed by atoms with E-state index in [0.717, 1.165) is 0 Å². The van der Waals surface area contributed by atoms with E-state index in [9.17, 15) is 28.9 Å². The van der Waals surface area contributed by atoms with Crippen LogP contribution in [0.3, 0.4) is 0 Å². The first-order chi connectivity index (χ1) is 17.5. The molecule has 0 aliphatic carbocycles. The number of nitrogen functional groups attached to an aromatic ring is 1. The molecule has 0 unspecified atom stereocenters. The summed E-state index contributed by atoms with van der Waals surface area (Å²) in [4.78, 5) is 66.2. The number of carbonyl (C=O) groups is 1. The number of carbonyl (C=O) groups excluding carboxylic acids is 1. The number of phosphoric acid groups is 2. The molecule has 38 heavy (non-hydrogen) atoms. The quantitative estimate of drug-likeness (QED) is 0.0905.